The molecule has 0 amide bonds. The Morgan fingerprint density at radius 3 is 2.72 bits per heavy atom. The number of fused-ring (bicyclic) bond motifs is 1. The number of halogens is 2. The first-order chi connectivity index (χ1) is 8.78. The minimum Gasteiger partial charge on any atom is -0.216 e. The van der Waals surface area contributed by atoms with E-state index >= 15 is 0 Å². The summed E-state index contributed by atoms with van der Waals surface area (Å²) in [5.74, 6) is 0.394. The van der Waals surface area contributed by atoms with E-state index in [2.05, 4.69) is 50.5 Å². The van der Waals surface area contributed by atoms with Crippen molar-refractivity contribution in [2.24, 2.45) is 0 Å². The standard InChI is InChI=1S/C13H9BrClN3/c14-11-3-1-10-6-12(4-2-9(10)5-11)18-13(7-15)8-16-17-18/h1-6,8H,7H2. The van der Waals surface area contributed by atoms with Gasteiger partial charge >= 0.3 is 0 Å². The summed E-state index contributed by atoms with van der Waals surface area (Å²) < 4.78 is 2.83. The highest BCUT2D eigenvalue weighted by Gasteiger charge is 2.05. The molecule has 0 unspecified atom stereocenters. The van der Waals surface area contributed by atoms with Crippen LogP contribution in [0.1, 0.15) is 5.69 Å². The Morgan fingerprint density at radius 2 is 1.89 bits per heavy atom. The SMILES string of the molecule is ClCc1cnnn1-c1ccc2cc(Br)ccc2c1. The van der Waals surface area contributed by atoms with Gasteiger partial charge in [0.15, 0.2) is 0 Å². The van der Waals surface area contributed by atoms with Crippen LogP contribution in [-0.2, 0) is 5.88 Å². The van der Waals surface area contributed by atoms with Gasteiger partial charge in [0.05, 0.1) is 23.5 Å². The molecule has 0 atom stereocenters. The molecule has 3 aromatic rings. The molecule has 0 radical (unpaired) electrons. The second kappa shape index (κ2) is 4.71. The Kier molecular flexibility index (Phi) is 3.06. The first kappa shape index (κ1) is 11.7. The molecule has 1 heterocycles. The number of benzene rings is 2. The van der Waals surface area contributed by atoms with Crippen LogP contribution in [0.2, 0.25) is 0 Å². The lowest BCUT2D eigenvalue weighted by atomic mass is 10.1. The Labute approximate surface area is 118 Å². The maximum Gasteiger partial charge on any atom is 0.0793 e. The van der Waals surface area contributed by atoms with Gasteiger partial charge in [-0.05, 0) is 35.0 Å². The Balaban J connectivity index is 2.16. The minimum atomic E-state index is 0.394. The first-order valence-electron chi connectivity index (χ1n) is 5.43. The lowest BCUT2D eigenvalue weighted by Crippen LogP contribution is -2.00. The molecule has 0 fully saturated rings. The Hall–Kier alpha value is -1.39. The van der Waals surface area contributed by atoms with Gasteiger partial charge in [-0.3, -0.25) is 0 Å². The molecule has 0 aliphatic carbocycles. The third-order valence-electron chi connectivity index (χ3n) is 2.79. The molecule has 0 N–H and O–H groups in total. The van der Waals surface area contributed by atoms with E-state index in [1.807, 2.05) is 12.1 Å². The van der Waals surface area contributed by atoms with Crippen LogP contribution >= 0.6 is 27.5 Å². The van der Waals surface area contributed by atoms with E-state index in [-0.39, 0.29) is 0 Å². The summed E-state index contributed by atoms with van der Waals surface area (Å²) in [6.07, 6.45) is 1.68. The smallest absolute Gasteiger partial charge is 0.0793 e. The van der Waals surface area contributed by atoms with Crippen molar-refractivity contribution in [3.05, 3.63) is 52.8 Å². The van der Waals surface area contributed by atoms with Crippen LogP contribution in [0.25, 0.3) is 16.5 Å². The highest BCUT2D eigenvalue weighted by Crippen LogP contribution is 2.22. The number of rotatable bonds is 2. The molecule has 1 aromatic heterocycles. The molecule has 0 saturated carbocycles. The zero-order valence-electron chi connectivity index (χ0n) is 9.35. The monoisotopic (exact) mass is 321 g/mol. The lowest BCUT2D eigenvalue weighted by Gasteiger charge is -2.06. The maximum absolute atomic E-state index is 5.86. The maximum atomic E-state index is 5.86. The summed E-state index contributed by atoms with van der Waals surface area (Å²) in [5.41, 5.74) is 1.85. The molecule has 0 bridgehead atoms. The molecule has 5 heteroatoms. The van der Waals surface area contributed by atoms with Gasteiger partial charge in [-0.2, -0.15) is 0 Å². The average Bonchev–Trinajstić information content (AvgIpc) is 2.86. The van der Waals surface area contributed by atoms with Gasteiger partial charge in [-0.25, -0.2) is 4.68 Å². The summed E-state index contributed by atoms with van der Waals surface area (Å²) in [6.45, 7) is 0. The molecule has 90 valence electrons. The minimum absolute atomic E-state index is 0.394. The van der Waals surface area contributed by atoms with Crippen molar-refractivity contribution in [3.8, 4) is 5.69 Å². The van der Waals surface area contributed by atoms with E-state index in [1.165, 1.54) is 5.39 Å². The zero-order valence-corrected chi connectivity index (χ0v) is 11.7. The van der Waals surface area contributed by atoms with E-state index in [0.29, 0.717) is 5.88 Å². The van der Waals surface area contributed by atoms with Gasteiger partial charge in [0.2, 0.25) is 0 Å². The van der Waals surface area contributed by atoms with E-state index < -0.39 is 0 Å². The second-order valence-electron chi connectivity index (χ2n) is 3.95. The van der Waals surface area contributed by atoms with Crippen LogP contribution in [0.5, 0.6) is 0 Å². The lowest BCUT2D eigenvalue weighted by molar-refractivity contribution is 0.782. The molecule has 0 spiro atoms. The van der Waals surface area contributed by atoms with Gasteiger partial charge in [-0.15, -0.1) is 16.7 Å². The van der Waals surface area contributed by atoms with E-state index in [1.54, 1.807) is 10.9 Å². The molecular weight excluding hydrogens is 314 g/mol. The van der Waals surface area contributed by atoms with Crippen LogP contribution in [0.4, 0.5) is 0 Å². The van der Waals surface area contributed by atoms with Crippen molar-refractivity contribution < 1.29 is 0 Å². The number of hydrogen-bond acceptors (Lipinski definition) is 2. The third kappa shape index (κ3) is 2.02. The van der Waals surface area contributed by atoms with Crippen LogP contribution in [0, 0.1) is 0 Å². The Morgan fingerprint density at radius 1 is 1.11 bits per heavy atom. The van der Waals surface area contributed by atoms with Gasteiger partial charge in [0.25, 0.3) is 0 Å². The van der Waals surface area contributed by atoms with Crippen LogP contribution in [0.15, 0.2) is 47.1 Å². The molecule has 0 aliphatic heterocycles. The predicted molar refractivity (Wildman–Crippen MR) is 76.1 cm³/mol. The van der Waals surface area contributed by atoms with Crippen LogP contribution < -0.4 is 0 Å². The van der Waals surface area contributed by atoms with Crippen LogP contribution in [0.3, 0.4) is 0 Å². The average molecular weight is 323 g/mol. The second-order valence-corrected chi connectivity index (χ2v) is 5.13. The van der Waals surface area contributed by atoms with E-state index in [9.17, 15) is 0 Å². The first-order valence-corrected chi connectivity index (χ1v) is 6.76. The van der Waals surface area contributed by atoms with E-state index in [0.717, 1.165) is 21.2 Å². The van der Waals surface area contributed by atoms with Crippen molar-refractivity contribution in [1.82, 2.24) is 15.0 Å². The highest BCUT2D eigenvalue weighted by atomic mass is 79.9. The van der Waals surface area contributed by atoms with Gasteiger partial charge in [0, 0.05) is 4.47 Å². The summed E-state index contributed by atoms with van der Waals surface area (Å²) in [4.78, 5) is 0. The predicted octanol–water partition coefficient (Wildman–Crippen LogP) is 3.92. The molecule has 3 nitrogen and oxygen atoms in total. The van der Waals surface area contributed by atoms with Crippen molar-refractivity contribution >= 4 is 38.3 Å². The van der Waals surface area contributed by atoms with E-state index in [4.69, 9.17) is 11.6 Å². The fourth-order valence-corrected chi connectivity index (χ4v) is 2.46. The van der Waals surface area contributed by atoms with Crippen molar-refractivity contribution in [2.45, 2.75) is 5.88 Å². The highest BCUT2D eigenvalue weighted by molar-refractivity contribution is 9.10. The van der Waals surface area contributed by atoms with Gasteiger partial charge < -0.3 is 0 Å². The number of aromatic nitrogens is 3. The fourth-order valence-electron chi connectivity index (χ4n) is 1.90. The summed E-state index contributed by atoms with van der Waals surface area (Å²) >= 11 is 9.32. The molecule has 3 rings (SSSR count). The van der Waals surface area contributed by atoms with Crippen molar-refractivity contribution in [1.29, 1.82) is 0 Å². The van der Waals surface area contributed by atoms with Crippen molar-refractivity contribution in [3.63, 3.8) is 0 Å². The molecule has 2 aromatic carbocycles. The number of nitrogens with zero attached hydrogens (tertiary/aromatic N) is 3. The van der Waals surface area contributed by atoms with Gasteiger partial charge in [0.1, 0.15) is 0 Å². The van der Waals surface area contributed by atoms with Crippen LogP contribution in [-0.4, -0.2) is 15.0 Å². The summed E-state index contributed by atoms with van der Waals surface area (Å²) in [5, 5.41) is 10.3. The Bertz CT molecular complexity index is 708. The number of alkyl halides is 1. The number of hydrogen-bond donors (Lipinski definition) is 0. The molecule has 0 aliphatic rings. The summed E-state index contributed by atoms with van der Waals surface area (Å²) in [7, 11) is 0. The normalized spacial score (nSPS) is 11.0. The summed E-state index contributed by atoms with van der Waals surface area (Å²) in [6, 6.07) is 12.3. The molecular formula is C13H9BrClN3. The zero-order chi connectivity index (χ0) is 12.5. The molecule has 18 heavy (non-hydrogen) atoms. The topological polar surface area (TPSA) is 30.7 Å². The third-order valence-corrected chi connectivity index (χ3v) is 3.55. The largest absolute Gasteiger partial charge is 0.216 e. The fraction of sp³-hybridized carbons (Fsp3) is 0.0769. The van der Waals surface area contributed by atoms with Crippen molar-refractivity contribution in [2.75, 3.05) is 0 Å². The van der Waals surface area contributed by atoms with Gasteiger partial charge in [-0.1, -0.05) is 33.3 Å². The molecule has 0 saturated heterocycles. The quantitative estimate of drug-likeness (QED) is 0.669.